The molecule has 110 valence electrons. The molecule has 2 heterocycles. The number of benzene rings is 1. The Labute approximate surface area is 121 Å². The third-order valence-corrected chi connectivity index (χ3v) is 3.79. The monoisotopic (exact) mass is 288 g/mol. The third kappa shape index (κ3) is 2.78. The summed E-state index contributed by atoms with van der Waals surface area (Å²) in [5, 5.41) is 18.1. The summed E-state index contributed by atoms with van der Waals surface area (Å²) in [6.45, 7) is 3.08. The van der Waals surface area contributed by atoms with Gasteiger partial charge in [0.25, 0.3) is 5.69 Å². The van der Waals surface area contributed by atoms with Crippen LogP contribution in [-0.4, -0.2) is 21.6 Å². The van der Waals surface area contributed by atoms with Crippen LogP contribution in [0.15, 0.2) is 28.8 Å². The van der Waals surface area contributed by atoms with E-state index in [1.165, 1.54) is 12.1 Å². The van der Waals surface area contributed by atoms with E-state index in [9.17, 15) is 10.1 Å². The quantitative estimate of drug-likeness (QED) is 0.689. The van der Waals surface area contributed by atoms with Crippen molar-refractivity contribution in [2.45, 2.75) is 25.8 Å². The van der Waals surface area contributed by atoms with Crippen molar-refractivity contribution in [3.8, 4) is 11.4 Å². The van der Waals surface area contributed by atoms with Gasteiger partial charge in [-0.25, -0.2) is 0 Å². The smallest absolute Gasteiger partial charge is 0.270 e. The van der Waals surface area contributed by atoms with Crippen LogP contribution in [0.2, 0.25) is 0 Å². The summed E-state index contributed by atoms with van der Waals surface area (Å²) in [7, 11) is 0. The van der Waals surface area contributed by atoms with Crippen molar-refractivity contribution in [3.63, 3.8) is 0 Å². The van der Waals surface area contributed by atoms with Gasteiger partial charge in [0, 0.05) is 17.7 Å². The maximum Gasteiger partial charge on any atom is 0.270 e. The molecule has 1 aromatic carbocycles. The highest BCUT2D eigenvalue weighted by molar-refractivity contribution is 5.58. The fourth-order valence-corrected chi connectivity index (χ4v) is 2.62. The third-order valence-electron chi connectivity index (χ3n) is 3.79. The maximum absolute atomic E-state index is 10.8. The summed E-state index contributed by atoms with van der Waals surface area (Å²) >= 11 is 0. The van der Waals surface area contributed by atoms with E-state index in [0.717, 1.165) is 19.4 Å². The molecule has 21 heavy (non-hydrogen) atoms. The van der Waals surface area contributed by atoms with E-state index in [-0.39, 0.29) is 11.7 Å². The minimum Gasteiger partial charge on any atom is -0.337 e. The first-order chi connectivity index (χ1) is 10.1. The average molecular weight is 288 g/mol. The summed E-state index contributed by atoms with van der Waals surface area (Å²) in [6, 6.07) is 6.30. The molecule has 3 rings (SSSR count). The number of aromatic nitrogens is 2. The summed E-state index contributed by atoms with van der Waals surface area (Å²) < 4.78 is 5.34. The predicted molar refractivity (Wildman–Crippen MR) is 75.5 cm³/mol. The Bertz CT molecular complexity index is 655. The van der Waals surface area contributed by atoms with Gasteiger partial charge in [0.1, 0.15) is 0 Å². The normalized spacial score (nSPS) is 22.1. The molecule has 0 bridgehead atoms. The molecule has 2 aromatic rings. The van der Waals surface area contributed by atoms with Crippen LogP contribution in [0, 0.1) is 16.0 Å². The second kappa shape index (κ2) is 5.61. The van der Waals surface area contributed by atoms with Gasteiger partial charge in [-0.3, -0.25) is 10.1 Å². The molecule has 2 atom stereocenters. The number of nitro groups is 1. The zero-order valence-electron chi connectivity index (χ0n) is 11.7. The Kier molecular flexibility index (Phi) is 3.66. The molecule has 7 heteroatoms. The molecule has 7 nitrogen and oxygen atoms in total. The van der Waals surface area contributed by atoms with E-state index < -0.39 is 4.92 Å². The number of rotatable bonds is 3. The van der Waals surface area contributed by atoms with Gasteiger partial charge < -0.3 is 9.84 Å². The summed E-state index contributed by atoms with van der Waals surface area (Å²) in [6.07, 6.45) is 2.26. The molecule has 1 saturated heterocycles. The van der Waals surface area contributed by atoms with Gasteiger partial charge in [-0.2, -0.15) is 4.98 Å². The van der Waals surface area contributed by atoms with Crippen LogP contribution in [0.5, 0.6) is 0 Å². The van der Waals surface area contributed by atoms with Crippen LogP contribution in [0.4, 0.5) is 5.69 Å². The van der Waals surface area contributed by atoms with Crippen LogP contribution < -0.4 is 5.32 Å². The molecule has 1 fully saturated rings. The van der Waals surface area contributed by atoms with Gasteiger partial charge in [0.15, 0.2) is 0 Å². The van der Waals surface area contributed by atoms with Crippen LogP contribution in [-0.2, 0) is 0 Å². The average Bonchev–Trinajstić information content (AvgIpc) is 2.97. The first-order valence-corrected chi connectivity index (χ1v) is 6.97. The molecule has 1 aliphatic rings. The molecule has 1 N–H and O–H groups in total. The number of hydrogen-bond donors (Lipinski definition) is 1. The SMILES string of the molecule is CC1CCCNC1c1nc(-c2cccc([N+](=O)[O-])c2)no1. The van der Waals surface area contributed by atoms with E-state index in [0.29, 0.717) is 23.2 Å². The van der Waals surface area contributed by atoms with Crippen molar-refractivity contribution >= 4 is 5.69 Å². The van der Waals surface area contributed by atoms with Gasteiger partial charge in [-0.1, -0.05) is 24.2 Å². The van der Waals surface area contributed by atoms with Gasteiger partial charge in [0.05, 0.1) is 11.0 Å². The van der Waals surface area contributed by atoms with Crippen molar-refractivity contribution in [3.05, 3.63) is 40.3 Å². The lowest BCUT2D eigenvalue weighted by Gasteiger charge is -2.26. The fourth-order valence-electron chi connectivity index (χ4n) is 2.62. The molecule has 2 unspecified atom stereocenters. The number of non-ortho nitro benzene ring substituents is 1. The molecule has 0 aliphatic carbocycles. The number of nitro benzene ring substituents is 1. The van der Waals surface area contributed by atoms with Crippen molar-refractivity contribution in [2.75, 3.05) is 6.54 Å². The predicted octanol–water partition coefficient (Wildman–Crippen LogP) is 2.71. The highest BCUT2D eigenvalue weighted by Gasteiger charge is 2.27. The lowest BCUT2D eigenvalue weighted by molar-refractivity contribution is -0.384. The van der Waals surface area contributed by atoms with E-state index in [4.69, 9.17) is 4.52 Å². The molecule has 1 aromatic heterocycles. The van der Waals surface area contributed by atoms with Gasteiger partial charge in [0.2, 0.25) is 11.7 Å². The lowest BCUT2D eigenvalue weighted by atomic mass is 9.93. The Hall–Kier alpha value is -2.28. The Morgan fingerprint density at radius 2 is 2.33 bits per heavy atom. The zero-order valence-corrected chi connectivity index (χ0v) is 11.7. The minimum atomic E-state index is -0.435. The number of hydrogen-bond acceptors (Lipinski definition) is 6. The highest BCUT2D eigenvalue weighted by atomic mass is 16.6. The zero-order chi connectivity index (χ0) is 14.8. The van der Waals surface area contributed by atoms with E-state index >= 15 is 0 Å². The molecule has 0 spiro atoms. The first kappa shape index (κ1) is 13.7. The largest absolute Gasteiger partial charge is 0.337 e. The molecule has 0 saturated carbocycles. The lowest BCUT2D eigenvalue weighted by Crippen LogP contribution is -2.33. The topological polar surface area (TPSA) is 94.1 Å². The highest BCUT2D eigenvalue weighted by Crippen LogP contribution is 2.29. The molecule has 1 aliphatic heterocycles. The van der Waals surface area contributed by atoms with Crippen molar-refractivity contribution in [1.82, 2.24) is 15.5 Å². The van der Waals surface area contributed by atoms with Crippen LogP contribution in [0.3, 0.4) is 0 Å². The van der Waals surface area contributed by atoms with Crippen molar-refractivity contribution in [1.29, 1.82) is 0 Å². The van der Waals surface area contributed by atoms with Crippen molar-refractivity contribution in [2.24, 2.45) is 5.92 Å². The molecular formula is C14H16N4O3. The minimum absolute atomic E-state index is 0.0167. The van der Waals surface area contributed by atoms with Crippen LogP contribution in [0.25, 0.3) is 11.4 Å². The Morgan fingerprint density at radius 1 is 1.48 bits per heavy atom. The Balaban J connectivity index is 1.87. The second-order valence-electron chi connectivity index (χ2n) is 5.31. The molecule has 0 amide bonds. The van der Waals surface area contributed by atoms with Crippen LogP contribution >= 0.6 is 0 Å². The maximum atomic E-state index is 10.8. The second-order valence-corrected chi connectivity index (χ2v) is 5.31. The van der Waals surface area contributed by atoms with Crippen molar-refractivity contribution < 1.29 is 9.45 Å². The number of piperidine rings is 1. The summed E-state index contributed by atoms with van der Waals surface area (Å²) in [4.78, 5) is 14.8. The summed E-state index contributed by atoms with van der Waals surface area (Å²) in [5.74, 6) is 1.36. The van der Waals surface area contributed by atoms with E-state index in [2.05, 4.69) is 22.4 Å². The number of nitrogens with zero attached hydrogens (tertiary/aromatic N) is 3. The van der Waals surface area contributed by atoms with Gasteiger partial charge in [-0.15, -0.1) is 0 Å². The summed E-state index contributed by atoms with van der Waals surface area (Å²) in [5.41, 5.74) is 0.602. The molecular weight excluding hydrogens is 272 g/mol. The van der Waals surface area contributed by atoms with Gasteiger partial charge in [-0.05, 0) is 25.3 Å². The standard InChI is InChI=1S/C14H16N4O3/c1-9-4-3-7-15-12(9)14-16-13(17-21-14)10-5-2-6-11(8-10)18(19)20/h2,5-6,8-9,12,15H,3-4,7H2,1H3. The van der Waals surface area contributed by atoms with E-state index in [1.54, 1.807) is 12.1 Å². The number of nitrogens with one attached hydrogen (secondary N) is 1. The van der Waals surface area contributed by atoms with Crippen LogP contribution in [0.1, 0.15) is 31.7 Å². The molecule has 0 radical (unpaired) electrons. The first-order valence-electron chi connectivity index (χ1n) is 6.97. The van der Waals surface area contributed by atoms with E-state index in [1.807, 2.05) is 0 Å². The fraction of sp³-hybridized carbons (Fsp3) is 0.429. The Morgan fingerprint density at radius 3 is 3.10 bits per heavy atom. The van der Waals surface area contributed by atoms with Gasteiger partial charge >= 0.3 is 0 Å².